The Kier molecular flexibility index (Phi) is 4.36. The van der Waals surface area contributed by atoms with Crippen LogP contribution >= 0.6 is 0 Å². The van der Waals surface area contributed by atoms with Crippen LogP contribution in [-0.2, 0) is 9.59 Å². The predicted octanol–water partition coefficient (Wildman–Crippen LogP) is -0.109. The van der Waals surface area contributed by atoms with E-state index in [1.54, 1.807) is 4.90 Å². The Balaban J connectivity index is 1.78. The second-order valence-electron chi connectivity index (χ2n) is 4.87. The second-order valence-corrected chi connectivity index (χ2v) is 4.87. The number of hydrogen-bond acceptors (Lipinski definition) is 3. The maximum atomic E-state index is 12.0. The average Bonchev–Trinajstić information content (AvgIpc) is 2.78. The van der Waals surface area contributed by atoms with E-state index in [-0.39, 0.29) is 17.7 Å². The molecular weight excluding hydrogens is 230 g/mol. The Morgan fingerprint density at radius 2 is 2.44 bits per heavy atom. The normalized spacial score (nSPS) is 24.1. The lowest BCUT2D eigenvalue weighted by Crippen LogP contribution is -2.35. The van der Waals surface area contributed by atoms with Gasteiger partial charge in [0.25, 0.3) is 0 Å². The molecule has 1 unspecified atom stereocenters. The fourth-order valence-electron chi connectivity index (χ4n) is 2.43. The summed E-state index contributed by atoms with van der Waals surface area (Å²) in [7, 11) is 0. The Labute approximate surface area is 108 Å². The maximum Gasteiger partial charge on any atom is 0.225 e. The van der Waals surface area contributed by atoms with Gasteiger partial charge in [0.15, 0.2) is 0 Å². The van der Waals surface area contributed by atoms with Crippen LogP contribution in [0.25, 0.3) is 0 Å². The van der Waals surface area contributed by atoms with Gasteiger partial charge in [0.1, 0.15) is 0 Å². The molecule has 0 spiro atoms. The minimum absolute atomic E-state index is 0.0127. The highest BCUT2D eigenvalue weighted by Crippen LogP contribution is 2.17. The third-order valence-electron chi connectivity index (χ3n) is 3.61. The number of carbonyl (C=O) groups is 2. The van der Waals surface area contributed by atoms with Crippen molar-refractivity contribution in [1.82, 2.24) is 15.5 Å². The summed E-state index contributed by atoms with van der Waals surface area (Å²) in [6, 6.07) is 0. The molecule has 0 saturated carbocycles. The molecule has 2 amide bonds. The minimum atomic E-state index is -0.167. The molecule has 2 aliphatic heterocycles. The number of amides is 2. The van der Waals surface area contributed by atoms with Crippen molar-refractivity contribution in [2.24, 2.45) is 5.92 Å². The van der Waals surface area contributed by atoms with Crippen LogP contribution in [0.5, 0.6) is 0 Å². The van der Waals surface area contributed by atoms with Crippen molar-refractivity contribution in [2.75, 3.05) is 32.7 Å². The first-order valence-corrected chi connectivity index (χ1v) is 6.64. The molecule has 0 aromatic carbocycles. The van der Waals surface area contributed by atoms with Crippen molar-refractivity contribution in [1.29, 1.82) is 0 Å². The molecule has 1 fully saturated rings. The van der Waals surface area contributed by atoms with E-state index in [2.05, 4.69) is 16.7 Å². The van der Waals surface area contributed by atoms with E-state index in [1.165, 1.54) is 5.57 Å². The van der Waals surface area contributed by atoms with Crippen molar-refractivity contribution in [3.63, 3.8) is 0 Å². The molecule has 2 rings (SSSR count). The van der Waals surface area contributed by atoms with Crippen molar-refractivity contribution >= 4 is 11.8 Å². The molecule has 0 radical (unpaired) electrons. The molecule has 0 aromatic rings. The van der Waals surface area contributed by atoms with Gasteiger partial charge in [-0.2, -0.15) is 0 Å². The Hall–Kier alpha value is -1.36. The Bertz CT molecular complexity index is 365. The van der Waals surface area contributed by atoms with Gasteiger partial charge in [-0.05, 0) is 19.9 Å². The number of nitrogens with one attached hydrogen (secondary N) is 2. The third-order valence-corrected chi connectivity index (χ3v) is 3.61. The van der Waals surface area contributed by atoms with Gasteiger partial charge in [0.2, 0.25) is 11.8 Å². The summed E-state index contributed by atoms with van der Waals surface area (Å²) in [4.78, 5) is 25.3. The third kappa shape index (κ3) is 3.10. The number of nitrogens with zero attached hydrogens (tertiary/aromatic N) is 1. The van der Waals surface area contributed by atoms with Gasteiger partial charge in [-0.3, -0.25) is 9.59 Å². The van der Waals surface area contributed by atoms with Gasteiger partial charge in [-0.15, -0.1) is 0 Å². The zero-order chi connectivity index (χ0) is 13.0. The lowest BCUT2D eigenvalue weighted by molar-refractivity contribution is -0.128. The number of carbonyl (C=O) groups excluding carboxylic acids is 2. The van der Waals surface area contributed by atoms with Crippen molar-refractivity contribution < 1.29 is 9.59 Å². The summed E-state index contributed by atoms with van der Waals surface area (Å²) in [6.07, 6.45) is 3.48. The van der Waals surface area contributed by atoms with E-state index >= 15 is 0 Å². The van der Waals surface area contributed by atoms with Gasteiger partial charge in [-0.1, -0.05) is 11.6 Å². The first kappa shape index (κ1) is 13.1. The minimum Gasteiger partial charge on any atom is -0.352 e. The molecule has 0 bridgehead atoms. The smallest absolute Gasteiger partial charge is 0.225 e. The molecule has 2 heterocycles. The van der Waals surface area contributed by atoms with Crippen LogP contribution < -0.4 is 10.6 Å². The summed E-state index contributed by atoms with van der Waals surface area (Å²) < 4.78 is 0. The second kappa shape index (κ2) is 6.00. The van der Waals surface area contributed by atoms with Crippen LogP contribution in [0.2, 0.25) is 0 Å². The monoisotopic (exact) mass is 251 g/mol. The van der Waals surface area contributed by atoms with Crippen LogP contribution in [0.15, 0.2) is 11.6 Å². The highest BCUT2D eigenvalue weighted by atomic mass is 16.2. The lowest BCUT2D eigenvalue weighted by Gasteiger charge is -2.16. The van der Waals surface area contributed by atoms with Crippen molar-refractivity contribution in [3.8, 4) is 0 Å². The van der Waals surface area contributed by atoms with E-state index < -0.39 is 0 Å². The number of hydrogen-bond donors (Lipinski definition) is 2. The maximum absolute atomic E-state index is 12.0. The SMILES string of the molecule is CCN1CC(C(=O)NCC2=CCNCC2)CC1=O. The van der Waals surface area contributed by atoms with E-state index in [1.807, 2.05) is 6.92 Å². The summed E-state index contributed by atoms with van der Waals surface area (Å²) in [6.45, 7) is 5.69. The van der Waals surface area contributed by atoms with E-state index in [0.29, 0.717) is 26.1 Å². The molecule has 100 valence electrons. The molecule has 1 atom stereocenters. The standard InChI is InChI=1S/C13H21N3O2/c1-2-16-9-11(7-12(16)17)13(18)15-8-10-3-5-14-6-4-10/h3,11,14H,2,4-9H2,1H3,(H,15,18). The average molecular weight is 251 g/mol. The molecule has 0 aliphatic carbocycles. The highest BCUT2D eigenvalue weighted by molar-refractivity contribution is 5.89. The van der Waals surface area contributed by atoms with Gasteiger partial charge in [0.05, 0.1) is 5.92 Å². The van der Waals surface area contributed by atoms with Crippen molar-refractivity contribution in [2.45, 2.75) is 19.8 Å². The molecule has 5 nitrogen and oxygen atoms in total. The number of likely N-dealkylation sites (tertiary alicyclic amines) is 1. The predicted molar refractivity (Wildman–Crippen MR) is 68.9 cm³/mol. The Morgan fingerprint density at radius 1 is 1.61 bits per heavy atom. The largest absolute Gasteiger partial charge is 0.352 e. The molecule has 1 saturated heterocycles. The summed E-state index contributed by atoms with van der Waals surface area (Å²) in [5.74, 6) is -0.0581. The first-order chi connectivity index (χ1) is 8.70. The fourth-order valence-corrected chi connectivity index (χ4v) is 2.43. The van der Waals surface area contributed by atoms with Gasteiger partial charge in [-0.25, -0.2) is 0 Å². The molecule has 18 heavy (non-hydrogen) atoms. The topological polar surface area (TPSA) is 61.4 Å². The Morgan fingerprint density at radius 3 is 3.06 bits per heavy atom. The van der Waals surface area contributed by atoms with Gasteiger partial charge < -0.3 is 15.5 Å². The van der Waals surface area contributed by atoms with Crippen molar-refractivity contribution in [3.05, 3.63) is 11.6 Å². The van der Waals surface area contributed by atoms with E-state index in [9.17, 15) is 9.59 Å². The van der Waals surface area contributed by atoms with Crippen LogP contribution in [-0.4, -0.2) is 49.4 Å². The van der Waals surface area contributed by atoms with Crippen LogP contribution in [0.1, 0.15) is 19.8 Å². The van der Waals surface area contributed by atoms with Crippen LogP contribution in [0.3, 0.4) is 0 Å². The van der Waals surface area contributed by atoms with Crippen LogP contribution in [0.4, 0.5) is 0 Å². The molecule has 2 N–H and O–H groups in total. The van der Waals surface area contributed by atoms with Gasteiger partial charge >= 0.3 is 0 Å². The molecule has 5 heteroatoms. The zero-order valence-electron chi connectivity index (χ0n) is 10.9. The summed E-state index contributed by atoms with van der Waals surface area (Å²) in [5, 5.41) is 6.18. The molecular formula is C13H21N3O2. The van der Waals surface area contributed by atoms with Crippen LogP contribution in [0, 0.1) is 5.92 Å². The lowest BCUT2D eigenvalue weighted by atomic mass is 10.1. The fraction of sp³-hybridized carbons (Fsp3) is 0.692. The summed E-state index contributed by atoms with van der Waals surface area (Å²) >= 11 is 0. The van der Waals surface area contributed by atoms with Gasteiger partial charge in [0, 0.05) is 32.6 Å². The quantitative estimate of drug-likeness (QED) is 0.685. The first-order valence-electron chi connectivity index (χ1n) is 6.64. The zero-order valence-corrected chi connectivity index (χ0v) is 10.9. The summed E-state index contributed by atoms with van der Waals surface area (Å²) in [5.41, 5.74) is 1.28. The molecule has 2 aliphatic rings. The number of rotatable bonds is 4. The molecule has 0 aromatic heterocycles. The van der Waals surface area contributed by atoms with E-state index in [0.717, 1.165) is 19.5 Å². The van der Waals surface area contributed by atoms with E-state index in [4.69, 9.17) is 0 Å². The highest BCUT2D eigenvalue weighted by Gasteiger charge is 2.33.